The summed E-state index contributed by atoms with van der Waals surface area (Å²) in [7, 11) is 0. The largest absolute Gasteiger partial charge is 0.487 e. The molecule has 1 fully saturated rings. The van der Waals surface area contributed by atoms with Crippen LogP contribution in [0.25, 0.3) is 11.0 Å². The van der Waals surface area contributed by atoms with Crippen LogP contribution in [0.3, 0.4) is 0 Å². The van der Waals surface area contributed by atoms with Gasteiger partial charge < -0.3 is 24.3 Å². The third-order valence-corrected chi connectivity index (χ3v) is 9.07. The Morgan fingerprint density at radius 3 is 2.62 bits per heavy atom. The summed E-state index contributed by atoms with van der Waals surface area (Å²) >= 11 is 1.59. The number of amides is 1. The highest BCUT2D eigenvalue weighted by molar-refractivity contribution is 7.98. The molecule has 0 spiro atoms. The summed E-state index contributed by atoms with van der Waals surface area (Å²) in [6, 6.07) is 23.9. The first-order valence-corrected chi connectivity index (χ1v) is 16.2. The van der Waals surface area contributed by atoms with E-state index in [9.17, 15) is 9.59 Å². The van der Waals surface area contributed by atoms with Gasteiger partial charge in [0.25, 0.3) is 5.91 Å². The Labute approximate surface area is 273 Å². The number of piperidine rings is 1. The monoisotopic (exact) mass is 649 g/mol. The molecule has 3 aromatic heterocycles. The molecule has 0 saturated carbocycles. The van der Waals surface area contributed by atoms with Gasteiger partial charge in [0.1, 0.15) is 24.6 Å². The lowest BCUT2D eigenvalue weighted by atomic mass is 9.93. The lowest BCUT2D eigenvalue weighted by molar-refractivity contribution is 0.0692. The number of carbonyl (C=O) groups is 2. The number of thioether (sulfide) groups is 1. The van der Waals surface area contributed by atoms with E-state index < -0.39 is 5.97 Å². The van der Waals surface area contributed by atoms with E-state index in [0.29, 0.717) is 42.6 Å². The molecule has 1 aliphatic rings. The normalized spacial score (nSPS) is 13.7. The van der Waals surface area contributed by atoms with Crippen LogP contribution in [-0.2, 0) is 18.9 Å². The van der Waals surface area contributed by atoms with Crippen LogP contribution in [0, 0.1) is 0 Å². The van der Waals surface area contributed by atoms with Gasteiger partial charge in [0.15, 0.2) is 10.9 Å². The quantitative estimate of drug-likeness (QED) is 0.165. The molecule has 0 aliphatic carbocycles. The van der Waals surface area contributed by atoms with Crippen molar-refractivity contribution in [1.29, 1.82) is 0 Å². The summed E-state index contributed by atoms with van der Waals surface area (Å²) in [5.41, 5.74) is 5.35. The second-order valence-electron chi connectivity index (χ2n) is 11.3. The fraction of sp³-hybridized carbons (Fsp3) is 0.235. The number of hydrogen-bond donors (Lipinski definition) is 2. The third-order valence-electron chi connectivity index (χ3n) is 8.15. The Morgan fingerprint density at radius 2 is 1.81 bits per heavy atom. The summed E-state index contributed by atoms with van der Waals surface area (Å²) in [5, 5.41) is 22.5. The summed E-state index contributed by atoms with van der Waals surface area (Å²) in [6.07, 6.45) is 3.36. The van der Waals surface area contributed by atoms with Gasteiger partial charge >= 0.3 is 5.97 Å². The number of carboxylic acids is 1. The number of para-hydroxylation sites is 2. The summed E-state index contributed by atoms with van der Waals surface area (Å²) < 4.78 is 13.0. The summed E-state index contributed by atoms with van der Waals surface area (Å²) in [5.74, 6) is 1.10. The maximum Gasteiger partial charge on any atom is 0.335 e. The van der Waals surface area contributed by atoms with Gasteiger partial charge in [0, 0.05) is 36.4 Å². The SMILES string of the molecule is O=C(O)c1ccc(OCc2cn(Cc3cc(C4CCN(C(=O)c5ccccc5CSc5nc6ccccc6[nH]5)CC4)no3)nn2)cc1. The number of aromatic carboxylic acids is 1. The maximum atomic E-state index is 13.6. The minimum atomic E-state index is -0.987. The molecule has 1 amide bonds. The minimum Gasteiger partial charge on any atom is -0.487 e. The van der Waals surface area contributed by atoms with Crippen molar-refractivity contribution in [2.75, 3.05) is 13.1 Å². The number of aromatic amines is 1. The van der Waals surface area contributed by atoms with Crippen LogP contribution in [0.2, 0.25) is 0 Å². The number of nitrogens with zero attached hydrogens (tertiary/aromatic N) is 6. The molecule has 47 heavy (non-hydrogen) atoms. The summed E-state index contributed by atoms with van der Waals surface area (Å²) in [6.45, 7) is 1.84. The van der Waals surface area contributed by atoms with E-state index in [1.807, 2.05) is 59.5 Å². The molecule has 7 rings (SSSR count). The number of rotatable bonds is 11. The second kappa shape index (κ2) is 13.5. The number of ether oxygens (including phenoxy) is 1. The van der Waals surface area contributed by atoms with Crippen LogP contribution < -0.4 is 4.74 Å². The minimum absolute atomic E-state index is 0.0494. The molecule has 4 heterocycles. The van der Waals surface area contributed by atoms with Crippen LogP contribution in [0.1, 0.15) is 62.2 Å². The average molecular weight is 650 g/mol. The molecule has 1 saturated heterocycles. The van der Waals surface area contributed by atoms with Gasteiger partial charge in [0.05, 0.1) is 28.5 Å². The van der Waals surface area contributed by atoms with Gasteiger partial charge in [-0.2, -0.15) is 0 Å². The Balaban J connectivity index is 0.904. The standard InChI is InChI=1S/C34H31N7O5S/c42-32(28-6-2-1-5-24(28)21-47-34-35-29-7-3-4-8-30(29)36-34)40-15-13-22(14-16-40)31-17-27(46-38-31)19-41-18-25(37-39-41)20-45-26-11-9-23(10-12-26)33(43)44/h1-12,17-18,22H,13-16,19-21H2,(H,35,36)(H,43,44). The van der Waals surface area contributed by atoms with Crippen molar-refractivity contribution in [3.05, 3.63) is 119 Å². The number of aromatic nitrogens is 6. The van der Waals surface area contributed by atoms with Crippen molar-refractivity contribution in [1.82, 2.24) is 35.0 Å². The van der Waals surface area contributed by atoms with E-state index in [-0.39, 0.29) is 24.0 Å². The Hall–Kier alpha value is -5.43. The Kier molecular flexibility index (Phi) is 8.69. The number of H-pyrrole nitrogens is 1. The maximum absolute atomic E-state index is 13.6. The van der Waals surface area contributed by atoms with Crippen molar-refractivity contribution in [3.63, 3.8) is 0 Å². The lowest BCUT2D eigenvalue weighted by Gasteiger charge is -2.31. The fourth-order valence-corrected chi connectivity index (χ4v) is 6.52. The number of carboxylic acid groups (broad SMARTS) is 1. The van der Waals surface area contributed by atoms with Gasteiger partial charge in [-0.05, 0) is 60.9 Å². The number of likely N-dealkylation sites (tertiary alicyclic amines) is 1. The molecule has 6 aromatic rings. The molecule has 3 aromatic carbocycles. The zero-order valence-electron chi connectivity index (χ0n) is 25.3. The number of imidazole rings is 1. The number of hydrogen-bond acceptors (Lipinski definition) is 9. The number of nitrogens with one attached hydrogen (secondary N) is 1. The third kappa shape index (κ3) is 7.04. The van der Waals surface area contributed by atoms with Crippen LogP contribution in [0.5, 0.6) is 5.75 Å². The van der Waals surface area contributed by atoms with E-state index in [4.69, 9.17) is 14.4 Å². The van der Waals surface area contributed by atoms with Crippen molar-refractivity contribution < 1.29 is 24.0 Å². The topological polar surface area (TPSA) is 152 Å². The molecule has 0 radical (unpaired) electrons. The number of carbonyl (C=O) groups excluding carboxylic acids is 1. The van der Waals surface area contributed by atoms with Gasteiger partial charge in [-0.15, -0.1) is 5.10 Å². The Morgan fingerprint density at radius 1 is 1.02 bits per heavy atom. The predicted octanol–water partition coefficient (Wildman–Crippen LogP) is 5.78. The van der Waals surface area contributed by atoms with Crippen LogP contribution in [0.15, 0.2) is 94.7 Å². The highest BCUT2D eigenvalue weighted by Gasteiger charge is 2.27. The lowest BCUT2D eigenvalue weighted by Crippen LogP contribution is -2.38. The molecule has 2 N–H and O–H groups in total. The van der Waals surface area contributed by atoms with Gasteiger partial charge in [-0.1, -0.05) is 52.5 Å². The number of fused-ring (bicyclic) bond motifs is 1. The van der Waals surface area contributed by atoms with Gasteiger partial charge in [-0.25, -0.2) is 14.5 Å². The van der Waals surface area contributed by atoms with Gasteiger partial charge in [-0.3, -0.25) is 4.79 Å². The van der Waals surface area contributed by atoms with E-state index in [1.54, 1.807) is 34.8 Å². The first-order valence-electron chi connectivity index (χ1n) is 15.2. The van der Waals surface area contributed by atoms with E-state index in [0.717, 1.165) is 45.9 Å². The molecule has 1 aliphatic heterocycles. The van der Waals surface area contributed by atoms with Gasteiger partial charge in [0.2, 0.25) is 0 Å². The Bertz CT molecular complexity index is 1980. The molecule has 0 unspecified atom stereocenters. The van der Waals surface area contributed by atoms with E-state index >= 15 is 0 Å². The van der Waals surface area contributed by atoms with Crippen LogP contribution in [-0.4, -0.2) is 65.1 Å². The van der Waals surface area contributed by atoms with E-state index in [2.05, 4.69) is 25.4 Å². The molecular weight excluding hydrogens is 618 g/mol. The molecule has 0 atom stereocenters. The molecular formula is C34H31N7O5S. The predicted molar refractivity (Wildman–Crippen MR) is 173 cm³/mol. The van der Waals surface area contributed by atoms with Crippen molar-refractivity contribution in [2.45, 2.75) is 42.8 Å². The first-order chi connectivity index (χ1) is 23.0. The second-order valence-corrected chi connectivity index (χ2v) is 12.3. The van der Waals surface area contributed by atoms with E-state index in [1.165, 1.54) is 12.1 Å². The van der Waals surface area contributed by atoms with Crippen molar-refractivity contribution in [2.24, 2.45) is 0 Å². The van der Waals surface area contributed by atoms with Crippen LogP contribution in [0.4, 0.5) is 0 Å². The smallest absolute Gasteiger partial charge is 0.335 e. The molecule has 0 bridgehead atoms. The number of benzene rings is 3. The molecule has 13 heteroatoms. The summed E-state index contributed by atoms with van der Waals surface area (Å²) in [4.78, 5) is 34.5. The van der Waals surface area contributed by atoms with Crippen LogP contribution >= 0.6 is 11.8 Å². The molecule has 238 valence electrons. The van der Waals surface area contributed by atoms with Crippen molar-refractivity contribution in [3.8, 4) is 5.75 Å². The van der Waals surface area contributed by atoms with Crippen molar-refractivity contribution >= 4 is 34.7 Å². The average Bonchev–Trinajstić information content (AvgIpc) is 3.87. The first kappa shape index (κ1) is 30.2. The molecule has 12 nitrogen and oxygen atoms in total. The highest BCUT2D eigenvalue weighted by Crippen LogP contribution is 2.30. The fourth-order valence-electron chi connectivity index (χ4n) is 5.64. The highest BCUT2D eigenvalue weighted by atomic mass is 32.2. The zero-order valence-corrected chi connectivity index (χ0v) is 26.1. The zero-order chi connectivity index (χ0) is 32.2.